The van der Waals surface area contributed by atoms with Gasteiger partial charge in [-0.25, -0.2) is 0 Å². The first-order valence-electron chi connectivity index (χ1n) is 23.2. The molecule has 4 nitrogen and oxygen atoms in total. The van der Waals surface area contributed by atoms with E-state index < -0.39 is 0 Å². The largest absolute Gasteiger partial charge is 0.455 e. The van der Waals surface area contributed by atoms with E-state index in [0.717, 1.165) is 88.2 Å². The number of anilines is 6. The van der Waals surface area contributed by atoms with Gasteiger partial charge in [-0.2, -0.15) is 0 Å². The Hall–Kier alpha value is -7.30. The van der Waals surface area contributed by atoms with Gasteiger partial charge in [-0.3, -0.25) is 0 Å². The highest BCUT2D eigenvalue weighted by molar-refractivity contribution is 6.20. The van der Waals surface area contributed by atoms with Crippen LogP contribution in [0.4, 0.5) is 34.1 Å². The Morgan fingerprint density at radius 3 is 2.18 bits per heavy atom. The second kappa shape index (κ2) is 15.2. The van der Waals surface area contributed by atoms with E-state index in [1.54, 1.807) is 0 Å². The number of benzene rings is 7. The maximum Gasteiger partial charge on any atom is 0.159 e. The summed E-state index contributed by atoms with van der Waals surface area (Å²) in [4.78, 5) is 4.95. The van der Waals surface area contributed by atoms with Crippen molar-refractivity contribution in [2.45, 2.75) is 73.1 Å². The Balaban J connectivity index is 1.13. The second-order valence-electron chi connectivity index (χ2n) is 18.6. The van der Waals surface area contributed by atoms with Crippen LogP contribution < -0.4 is 14.5 Å². The van der Waals surface area contributed by atoms with Gasteiger partial charge in [0.2, 0.25) is 0 Å². The molecule has 318 valence electrons. The molecular formula is C61H52N2O2. The van der Waals surface area contributed by atoms with Gasteiger partial charge in [-0.05, 0) is 165 Å². The molecule has 0 N–H and O–H groups in total. The summed E-state index contributed by atoms with van der Waals surface area (Å²) in [6.07, 6.45) is 20.0. The first-order chi connectivity index (χ1) is 31.7. The summed E-state index contributed by atoms with van der Waals surface area (Å²) in [5.74, 6) is 2.97. The molecule has 2 heterocycles. The summed E-state index contributed by atoms with van der Waals surface area (Å²) >= 11 is 0. The van der Waals surface area contributed by atoms with E-state index >= 15 is 0 Å². The Morgan fingerprint density at radius 1 is 0.631 bits per heavy atom. The van der Waals surface area contributed by atoms with Gasteiger partial charge in [0.05, 0.1) is 22.7 Å². The van der Waals surface area contributed by atoms with Crippen molar-refractivity contribution in [3.63, 3.8) is 0 Å². The highest BCUT2D eigenvalue weighted by atomic mass is 16.5. The molecule has 4 heteroatoms. The molecule has 3 aliphatic carbocycles. The van der Waals surface area contributed by atoms with E-state index in [-0.39, 0.29) is 5.92 Å². The summed E-state index contributed by atoms with van der Waals surface area (Å²) in [5, 5.41) is 6.18. The molecular weight excluding hydrogens is 793 g/mol. The van der Waals surface area contributed by atoms with Crippen LogP contribution in [-0.4, -0.2) is 0 Å². The number of hydrogen-bond donors (Lipinski definition) is 0. The maximum atomic E-state index is 7.04. The van der Waals surface area contributed by atoms with Gasteiger partial charge in [0.25, 0.3) is 0 Å². The molecule has 0 spiro atoms. The number of furan rings is 1. The topological polar surface area (TPSA) is 28.9 Å². The Morgan fingerprint density at radius 2 is 1.37 bits per heavy atom. The molecule has 8 aromatic rings. The number of para-hydroxylation sites is 2. The zero-order valence-electron chi connectivity index (χ0n) is 38.1. The molecule has 1 atom stereocenters. The summed E-state index contributed by atoms with van der Waals surface area (Å²) in [7, 11) is 0. The average molecular weight is 845 g/mol. The van der Waals surface area contributed by atoms with Crippen LogP contribution in [0.2, 0.25) is 0 Å². The number of ether oxygens (including phenoxy) is 1. The van der Waals surface area contributed by atoms with Crippen LogP contribution in [0, 0.1) is 27.7 Å². The zero-order chi connectivity index (χ0) is 44.1. The first-order valence-corrected chi connectivity index (χ1v) is 23.2. The van der Waals surface area contributed by atoms with Crippen LogP contribution in [0.15, 0.2) is 161 Å². The van der Waals surface area contributed by atoms with Gasteiger partial charge < -0.3 is 19.0 Å². The minimum Gasteiger partial charge on any atom is -0.455 e. The second-order valence-corrected chi connectivity index (χ2v) is 18.6. The highest BCUT2D eigenvalue weighted by Gasteiger charge is 2.31. The third-order valence-electron chi connectivity index (χ3n) is 14.3. The van der Waals surface area contributed by atoms with E-state index in [9.17, 15) is 0 Å². The number of hydrogen-bond acceptors (Lipinski definition) is 4. The number of rotatable bonds is 6. The van der Waals surface area contributed by atoms with Gasteiger partial charge in [0.1, 0.15) is 11.5 Å². The van der Waals surface area contributed by atoms with Crippen molar-refractivity contribution in [2.75, 3.05) is 9.80 Å². The molecule has 1 aromatic heterocycles. The smallest absolute Gasteiger partial charge is 0.159 e. The van der Waals surface area contributed by atoms with Crippen molar-refractivity contribution < 1.29 is 9.15 Å². The number of fused-ring (bicyclic) bond motifs is 6. The fourth-order valence-corrected chi connectivity index (χ4v) is 10.9. The van der Waals surface area contributed by atoms with Crippen molar-refractivity contribution in [3.05, 3.63) is 207 Å². The normalized spacial score (nSPS) is 16.0. The van der Waals surface area contributed by atoms with E-state index in [4.69, 9.17) is 9.15 Å². The van der Waals surface area contributed by atoms with Crippen LogP contribution in [0.5, 0.6) is 5.75 Å². The van der Waals surface area contributed by atoms with Crippen LogP contribution in [0.1, 0.15) is 82.9 Å². The molecule has 2 bridgehead atoms. The van der Waals surface area contributed by atoms with E-state index in [0.29, 0.717) is 0 Å². The third-order valence-corrected chi connectivity index (χ3v) is 14.3. The Labute approximate surface area is 381 Å². The number of allylic oxidation sites excluding steroid dienone is 8. The predicted octanol–water partition coefficient (Wildman–Crippen LogP) is 17.1. The maximum absolute atomic E-state index is 7.04. The molecule has 1 unspecified atom stereocenters. The summed E-state index contributed by atoms with van der Waals surface area (Å²) < 4.78 is 14.0. The van der Waals surface area contributed by atoms with Crippen LogP contribution in [-0.2, 0) is 12.8 Å². The van der Waals surface area contributed by atoms with Gasteiger partial charge in [-0.15, -0.1) is 0 Å². The van der Waals surface area contributed by atoms with Crippen LogP contribution in [0.3, 0.4) is 0 Å². The standard InChI is InChI=1S/C61H52N2O2/c1-36-23-25-38(3)54(33-36)62(52-21-11-18-45-44-16-9-14-40(5)56(35-44)64-60(45)52)50-32-29-43-27-30-49-51(31-28-42-15-10-20-48(50)58(43)57(42)49)63(55-34-37(2)24-26-39(55)4)53-22-12-19-47-46-17-8-7-13-41(6)59(46)65-61(47)53/h9-14,16,18-35,44H,7-8,15,17H2,1-6H3. The van der Waals surface area contributed by atoms with Crippen molar-refractivity contribution in [1.29, 1.82) is 0 Å². The lowest BCUT2D eigenvalue weighted by Gasteiger charge is -2.33. The predicted molar refractivity (Wildman–Crippen MR) is 273 cm³/mol. The lowest BCUT2D eigenvalue weighted by atomic mass is 9.91. The monoisotopic (exact) mass is 844 g/mol. The SMILES string of the molecule is CC1=CC=CC2C=C1Oc1c2cccc1N(c1cc(C)ccc1C)c1ccc2ccc3c(N(c4cc(C)ccc4C)c4cccc5c6c(oc45)C(C)=CCCC6)ccc4c3c2c1C=CC4. The quantitative estimate of drug-likeness (QED) is 0.156. The fraction of sp³-hybridized carbons (Fsp3) is 0.180. The lowest BCUT2D eigenvalue weighted by Crippen LogP contribution is -2.17. The summed E-state index contributed by atoms with van der Waals surface area (Å²) in [6.45, 7) is 13.2. The molecule has 65 heavy (non-hydrogen) atoms. The van der Waals surface area contributed by atoms with E-state index in [2.05, 4.69) is 203 Å². The molecule has 0 radical (unpaired) electrons. The first kappa shape index (κ1) is 39.3. The molecule has 0 saturated carbocycles. The van der Waals surface area contributed by atoms with Crippen LogP contribution in [0.25, 0.3) is 44.2 Å². The van der Waals surface area contributed by atoms with Gasteiger partial charge >= 0.3 is 0 Å². The Kier molecular flexibility index (Phi) is 9.17. The zero-order valence-corrected chi connectivity index (χ0v) is 38.1. The van der Waals surface area contributed by atoms with Crippen LogP contribution >= 0.6 is 0 Å². The van der Waals surface area contributed by atoms with Crippen molar-refractivity contribution in [2.24, 2.45) is 0 Å². The molecule has 7 aromatic carbocycles. The minimum absolute atomic E-state index is 0.119. The van der Waals surface area contributed by atoms with E-state index in [1.165, 1.54) is 77.0 Å². The molecule has 1 aliphatic heterocycles. The number of nitrogens with zero attached hydrogens (tertiary/aromatic N) is 2. The number of aryl methyl sites for hydroxylation is 5. The molecule has 12 rings (SSSR count). The van der Waals surface area contributed by atoms with E-state index in [1.807, 2.05) is 0 Å². The van der Waals surface area contributed by atoms with Crippen molar-refractivity contribution in [1.82, 2.24) is 0 Å². The molecule has 0 amide bonds. The van der Waals surface area contributed by atoms with Gasteiger partial charge in [0.15, 0.2) is 11.3 Å². The molecule has 4 aliphatic rings. The Bertz CT molecular complexity index is 3500. The fourth-order valence-electron chi connectivity index (χ4n) is 10.9. The highest BCUT2D eigenvalue weighted by Crippen LogP contribution is 2.53. The van der Waals surface area contributed by atoms with Crippen molar-refractivity contribution >= 4 is 78.3 Å². The average Bonchev–Trinajstić information content (AvgIpc) is 3.38. The molecule has 0 fully saturated rings. The van der Waals surface area contributed by atoms with Crippen molar-refractivity contribution in [3.8, 4) is 5.75 Å². The third kappa shape index (κ3) is 6.25. The lowest BCUT2D eigenvalue weighted by molar-refractivity contribution is 0.418. The summed E-state index contributed by atoms with van der Waals surface area (Å²) in [5.41, 5.74) is 19.7. The molecule has 0 saturated heterocycles. The van der Waals surface area contributed by atoms with Gasteiger partial charge in [0, 0.05) is 44.8 Å². The minimum atomic E-state index is 0.119. The van der Waals surface area contributed by atoms with Gasteiger partial charge in [-0.1, -0.05) is 109 Å². The summed E-state index contributed by atoms with van der Waals surface area (Å²) in [6, 6.07) is 41.0.